The third-order valence-corrected chi connectivity index (χ3v) is 7.19. The molecule has 2 aromatic heterocycles. The van der Waals surface area contributed by atoms with Gasteiger partial charge < -0.3 is 14.7 Å². The van der Waals surface area contributed by atoms with Crippen molar-refractivity contribution < 1.29 is 14.6 Å². The standard InChI is InChI=1S/C20H20ClN5O3S/c21-14-2-1-3-16-13(14)4-5-20(29-16)6-8-25(9-7-20)19-22-10-17(30-19)15-11-26(24-23-15)12-18(27)28/h1-3,10-11H,4-9,12H2,(H,27,28). The number of ether oxygens (including phenoxy) is 1. The van der Waals surface area contributed by atoms with Crippen LogP contribution < -0.4 is 9.64 Å². The summed E-state index contributed by atoms with van der Waals surface area (Å²) in [5.41, 5.74) is 1.62. The van der Waals surface area contributed by atoms with Gasteiger partial charge in [0.2, 0.25) is 0 Å². The molecule has 3 aromatic rings. The van der Waals surface area contributed by atoms with E-state index in [1.165, 1.54) is 4.68 Å². The maximum absolute atomic E-state index is 10.8. The number of nitrogens with zero attached hydrogens (tertiary/aromatic N) is 5. The molecule has 0 amide bonds. The summed E-state index contributed by atoms with van der Waals surface area (Å²) < 4.78 is 7.75. The van der Waals surface area contributed by atoms with Crippen LogP contribution in [-0.4, -0.2) is 49.7 Å². The Bertz CT molecular complexity index is 1090. The largest absolute Gasteiger partial charge is 0.487 e. The summed E-state index contributed by atoms with van der Waals surface area (Å²) >= 11 is 7.86. The Kier molecular flexibility index (Phi) is 4.86. The van der Waals surface area contributed by atoms with Gasteiger partial charge in [0, 0.05) is 42.7 Å². The van der Waals surface area contributed by atoms with E-state index in [2.05, 4.69) is 20.2 Å². The molecule has 2 aliphatic heterocycles. The molecule has 8 nitrogen and oxygen atoms in total. The second kappa shape index (κ2) is 7.55. The molecule has 1 spiro atoms. The average molecular weight is 446 g/mol. The first-order valence-electron chi connectivity index (χ1n) is 9.81. The van der Waals surface area contributed by atoms with E-state index in [4.69, 9.17) is 21.4 Å². The van der Waals surface area contributed by atoms with Gasteiger partial charge in [-0.05, 0) is 25.0 Å². The number of carboxylic acid groups (broad SMARTS) is 1. The molecule has 1 aromatic carbocycles. The predicted molar refractivity (Wildman–Crippen MR) is 113 cm³/mol. The van der Waals surface area contributed by atoms with E-state index in [0.717, 1.165) is 65.1 Å². The van der Waals surface area contributed by atoms with E-state index >= 15 is 0 Å². The molecule has 0 aliphatic carbocycles. The van der Waals surface area contributed by atoms with Crippen molar-refractivity contribution in [1.29, 1.82) is 0 Å². The van der Waals surface area contributed by atoms with Crippen LogP contribution >= 0.6 is 22.9 Å². The molecule has 1 saturated heterocycles. The van der Waals surface area contributed by atoms with Gasteiger partial charge in [0.15, 0.2) is 5.13 Å². The topological polar surface area (TPSA) is 93.4 Å². The fourth-order valence-corrected chi connectivity index (χ4v) is 5.31. The minimum Gasteiger partial charge on any atom is -0.487 e. The summed E-state index contributed by atoms with van der Waals surface area (Å²) in [4.78, 5) is 18.5. The lowest BCUT2D eigenvalue weighted by Gasteiger charge is -2.44. The van der Waals surface area contributed by atoms with E-state index in [0.29, 0.717) is 5.69 Å². The molecule has 0 atom stereocenters. The number of rotatable bonds is 4. The number of aliphatic carboxylic acids is 1. The van der Waals surface area contributed by atoms with E-state index in [1.807, 2.05) is 18.2 Å². The number of hydrogen-bond acceptors (Lipinski definition) is 7. The van der Waals surface area contributed by atoms with Crippen LogP contribution in [0.4, 0.5) is 5.13 Å². The first-order valence-corrected chi connectivity index (χ1v) is 11.0. The lowest BCUT2D eigenvalue weighted by Crippen LogP contribution is -2.49. The van der Waals surface area contributed by atoms with Crippen LogP contribution in [0.15, 0.2) is 30.6 Å². The summed E-state index contributed by atoms with van der Waals surface area (Å²) in [6, 6.07) is 5.88. The maximum atomic E-state index is 10.8. The van der Waals surface area contributed by atoms with E-state index in [-0.39, 0.29) is 12.1 Å². The normalized spacial score (nSPS) is 17.6. The van der Waals surface area contributed by atoms with Gasteiger partial charge in [-0.25, -0.2) is 9.67 Å². The van der Waals surface area contributed by atoms with Crippen LogP contribution in [0.1, 0.15) is 24.8 Å². The highest BCUT2D eigenvalue weighted by atomic mass is 35.5. The molecule has 0 unspecified atom stereocenters. The summed E-state index contributed by atoms with van der Waals surface area (Å²) in [5, 5.41) is 18.5. The van der Waals surface area contributed by atoms with E-state index in [1.54, 1.807) is 23.7 Å². The third-order valence-electron chi connectivity index (χ3n) is 5.76. The van der Waals surface area contributed by atoms with Crippen molar-refractivity contribution in [2.24, 2.45) is 0 Å². The monoisotopic (exact) mass is 445 g/mol. The number of hydrogen-bond donors (Lipinski definition) is 1. The van der Waals surface area contributed by atoms with Crippen LogP contribution in [0.3, 0.4) is 0 Å². The number of fused-ring (bicyclic) bond motifs is 1. The Morgan fingerprint density at radius 3 is 2.93 bits per heavy atom. The molecule has 0 bridgehead atoms. The number of piperidine rings is 1. The highest BCUT2D eigenvalue weighted by Gasteiger charge is 2.40. The first-order chi connectivity index (χ1) is 14.5. The zero-order valence-corrected chi connectivity index (χ0v) is 17.7. The molecule has 4 heterocycles. The number of benzene rings is 1. The molecule has 0 saturated carbocycles. The van der Waals surface area contributed by atoms with Gasteiger partial charge in [0.25, 0.3) is 0 Å². The summed E-state index contributed by atoms with van der Waals surface area (Å²) in [6.45, 7) is 1.53. The van der Waals surface area contributed by atoms with Gasteiger partial charge >= 0.3 is 5.97 Å². The van der Waals surface area contributed by atoms with Crippen molar-refractivity contribution in [1.82, 2.24) is 20.0 Å². The van der Waals surface area contributed by atoms with Crippen LogP contribution in [0.2, 0.25) is 5.02 Å². The van der Waals surface area contributed by atoms with Crippen molar-refractivity contribution in [3.63, 3.8) is 0 Å². The second-order valence-corrected chi connectivity index (χ2v) is 9.11. The second-order valence-electron chi connectivity index (χ2n) is 7.69. The summed E-state index contributed by atoms with van der Waals surface area (Å²) in [7, 11) is 0. The highest BCUT2D eigenvalue weighted by Crippen LogP contribution is 2.42. The van der Waals surface area contributed by atoms with Gasteiger partial charge in [0.05, 0.1) is 11.1 Å². The molecular formula is C20H20ClN5O3S. The quantitative estimate of drug-likeness (QED) is 0.656. The SMILES string of the molecule is O=C(O)Cn1cc(-c2cnc(N3CCC4(CCc5c(Cl)cccc5O4)CC3)s2)nn1. The molecule has 0 radical (unpaired) electrons. The van der Waals surface area contributed by atoms with Gasteiger partial charge in [-0.1, -0.05) is 34.2 Å². The van der Waals surface area contributed by atoms with E-state index < -0.39 is 5.97 Å². The minimum absolute atomic E-state index is 0.131. The number of thiazole rings is 1. The Labute approximate surface area is 182 Å². The maximum Gasteiger partial charge on any atom is 0.325 e. The number of carboxylic acids is 1. The van der Waals surface area contributed by atoms with Crippen molar-refractivity contribution in [2.45, 2.75) is 37.8 Å². The lowest BCUT2D eigenvalue weighted by molar-refractivity contribution is -0.137. The lowest BCUT2D eigenvalue weighted by atomic mass is 9.83. The first kappa shape index (κ1) is 19.3. The number of halogens is 1. The van der Waals surface area contributed by atoms with Crippen LogP contribution in [-0.2, 0) is 17.8 Å². The molecular weight excluding hydrogens is 426 g/mol. The van der Waals surface area contributed by atoms with Crippen LogP contribution in [0, 0.1) is 0 Å². The average Bonchev–Trinajstić information content (AvgIpc) is 3.38. The third kappa shape index (κ3) is 3.63. The van der Waals surface area contributed by atoms with Crippen LogP contribution in [0.25, 0.3) is 10.6 Å². The number of aromatic nitrogens is 4. The number of carbonyl (C=O) groups is 1. The van der Waals surface area contributed by atoms with Gasteiger partial charge in [0.1, 0.15) is 23.6 Å². The van der Waals surface area contributed by atoms with E-state index in [9.17, 15) is 4.79 Å². The van der Waals surface area contributed by atoms with Crippen molar-refractivity contribution in [3.8, 4) is 16.3 Å². The fraction of sp³-hybridized carbons (Fsp3) is 0.400. The summed E-state index contributed by atoms with van der Waals surface area (Å²) in [5.74, 6) is -0.0308. The predicted octanol–water partition coefficient (Wildman–Crippen LogP) is 3.50. The molecule has 1 fully saturated rings. The number of anilines is 1. The molecule has 10 heteroatoms. The van der Waals surface area contributed by atoms with Gasteiger partial charge in [-0.3, -0.25) is 4.79 Å². The summed E-state index contributed by atoms with van der Waals surface area (Å²) in [6.07, 6.45) is 7.20. The Morgan fingerprint density at radius 1 is 1.30 bits per heavy atom. The zero-order chi connectivity index (χ0) is 20.7. The van der Waals surface area contributed by atoms with Gasteiger partial charge in [-0.2, -0.15) is 0 Å². The minimum atomic E-state index is -0.950. The molecule has 5 rings (SSSR count). The Balaban J connectivity index is 1.25. The molecule has 1 N–H and O–H groups in total. The fourth-order valence-electron chi connectivity index (χ4n) is 4.13. The van der Waals surface area contributed by atoms with Crippen molar-refractivity contribution in [3.05, 3.63) is 41.2 Å². The molecule has 156 valence electrons. The van der Waals surface area contributed by atoms with Crippen molar-refractivity contribution >= 4 is 34.0 Å². The Hall–Kier alpha value is -2.65. The molecule has 2 aliphatic rings. The smallest absolute Gasteiger partial charge is 0.325 e. The Morgan fingerprint density at radius 2 is 2.13 bits per heavy atom. The van der Waals surface area contributed by atoms with Gasteiger partial charge in [-0.15, -0.1) is 5.10 Å². The van der Waals surface area contributed by atoms with Crippen molar-refractivity contribution in [2.75, 3.05) is 18.0 Å². The van der Waals surface area contributed by atoms with Crippen LogP contribution in [0.5, 0.6) is 5.75 Å². The molecule has 30 heavy (non-hydrogen) atoms. The highest BCUT2D eigenvalue weighted by molar-refractivity contribution is 7.18. The zero-order valence-electron chi connectivity index (χ0n) is 16.1.